The minimum absolute atomic E-state index is 0.207. The van der Waals surface area contributed by atoms with Gasteiger partial charge in [-0.15, -0.1) is 0 Å². The van der Waals surface area contributed by atoms with Gasteiger partial charge in [0.05, 0.1) is 10.5 Å². The monoisotopic (exact) mass is 292 g/mol. The molecule has 1 atom stereocenters. The highest BCUT2D eigenvalue weighted by Gasteiger charge is 2.28. The van der Waals surface area contributed by atoms with Gasteiger partial charge in [0, 0.05) is 19.1 Å². The highest BCUT2D eigenvalue weighted by Crippen LogP contribution is 2.15. The van der Waals surface area contributed by atoms with Gasteiger partial charge in [-0.05, 0) is 47.2 Å². The highest BCUT2D eigenvalue weighted by molar-refractivity contribution is 7.92. The first-order chi connectivity index (χ1) is 8.45. The van der Waals surface area contributed by atoms with Crippen LogP contribution in [0, 0.1) is 5.92 Å². The average molecular weight is 292 g/mol. The summed E-state index contributed by atoms with van der Waals surface area (Å²) in [6.07, 6.45) is 1.06. The van der Waals surface area contributed by atoms with Gasteiger partial charge in [-0.1, -0.05) is 13.8 Å². The fourth-order valence-corrected chi connectivity index (χ4v) is 2.93. The Balaban J connectivity index is 4.34. The molecule has 0 aromatic carbocycles. The number of rotatable bonds is 8. The molecule has 0 bridgehead atoms. The Morgan fingerprint density at radius 2 is 1.68 bits per heavy atom. The molecular weight excluding hydrogens is 260 g/mol. The Hall–Kier alpha value is -0.130. The van der Waals surface area contributed by atoms with Crippen molar-refractivity contribution in [2.75, 3.05) is 32.9 Å². The van der Waals surface area contributed by atoms with Crippen LogP contribution < -0.4 is 5.32 Å². The normalized spacial score (nSPS) is 15.2. The molecule has 0 aromatic heterocycles. The van der Waals surface area contributed by atoms with Crippen molar-refractivity contribution < 1.29 is 8.42 Å². The first-order valence-electron chi connectivity index (χ1n) is 7.06. The van der Waals surface area contributed by atoms with Gasteiger partial charge in [-0.3, -0.25) is 0 Å². The highest BCUT2D eigenvalue weighted by atomic mass is 32.2. The van der Waals surface area contributed by atoms with Gasteiger partial charge in [0.15, 0.2) is 9.84 Å². The lowest BCUT2D eigenvalue weighted by Gasteiger charge is -2.25. The Morgan fingerprint density at radius 1 is 1.16 bits per heavy atom. The lowest BCUT2D eigenvalue weighted by atomic mass is 10.0. The third kappa shape index (κ3) is 7.90. The summed E-state index contributed by atoms with van der Waals surface area (Å²) in [4.78, 5) is 2.14. The quantitative estimate of drug-likeness (QED) is 0.741. The zero-order valence-electron chi connectivity index (χ0n) is 13.7. The zero-order chi connectivity index (χ0) is 15.3. The largest absolute Gasteiger partial charge is 0.312 e. The van der Waals surface area contributed by atoms with Crippen molar-refractivity contribution in [3.63, 3.8) is 0 Å². The van der Waals surface area contributed by atoms with Crippen molar-refractivity contribution in [1.29, 1.82) is 0 Å². The predicted octanol–water partition coefficient (Wildman–Crippen LogP) is 1.77. The van der Waals surface area contributed by atoms with E-state index in [0.717, 1.165) is 13.0 Å². The molecule has 5 heteroatoms. The summed E-state index contributed by atoms with van der Waals surface area (Å²) in [7, 11) is 1.06. The number of nitrogens with one attached hydrogen (secondary N) is 1. The summed E-state index contributed by atoms with van der Waals surface area (Å²) < 4.78 is 23.4. The van der Waals surface area contributed by atoms with Crippen LogP contribution in [0.1, 0.15) is 41.0 Å². The fourth-order valence-electron chi connectivity index (χ4n) is 1.94. The predicted molar refractivity (Wildman–Crippen MR) is 83.3 cm³/mol. The summed E-state index contributed by atoms with van der Waals surface area (Å²) in [5.41, 5.74) is 0. The van der Waals surface area contributed by atoms with E-state index in [4.69, 9.17) is 0 Å². The molecule has 0 aliphatic rings. The molecule has 0 saturated heterocycles. The van der Waals surface area contributed by atoms with Crippen LogP contribution in [-0.2, 0) is 9.84 Å². The Labute approximate surface area is 119 Å². The Morgan fingerprint density at radius 3 is 2.05 bits per heavy atom. The SMILES string of the molecule is CC(C)CC(CN(C)C)NCCS(=O)(=O)C(C)(C)C. The van der Waals surface area contributed by atoms with Gasteiger partial charge in [0.25, 0.3) is 0 Å². The molecule has 0 radical (unpaired) electrons. The van der Waals surface area contributed by atoms with E-state index in [2.05, 4.69) is 24.1 Å². The fraction of sp³-hybridized carbons (Fsp3) is 1.00. The third-order valence-electron chi connectivity index (χ3n) is 3.08. The van der Waals surface area contributed by atoms with Crippen molar-refractivity contribution >= 4 is 9.84 Å². The molecule has 1 N–H and O–H groups in total. The standard InChI is InChI=1S/C14H32N2O2S/c1-12(2)10-13(11-16(6)7)15-8-9-19(17,18)14(3,4)5/h12-13,15H,8-11H2,1-7H3. The average Bonchev–Trinajstić information content (AvgIpc) is 2.12. The molecule has 0 heterocycles. The zero-order valence-corrected chi connectivity index (χ0v) is 14.5. The van der Waals surface area contributed by atoms with Crippen LogP contribution in [0.2, 0.25) is 0 Å². The number of sulfone groups is 1. The molecule has 4 nitrogen and oxygen atoms in total. The summed E-state index contributed by atoms with van der Waals surface area (Å²) in [6, 6.07) is 0.352. The van der Waals surface area contributed by atoms with E-state index in [-0.39, 0.29) is 5.75 Å². The maximum absolute atomic E-state index is 12.0. The van der Waals surface area contributed by atoms with Crippen molar-refractivity contribution in [2.45, 2.75) is 51.8 Å². The maximum atomic E-state index is 12.0. The van der Waals surface area contributed by atoms with Gasteiger partial charge in [-0.2, -0.15) is 0 Å². The van der Waals surface area contributed by atoms with Gasteiger partial charge >= 0.3 is 0 Å². The molecule has 1 unspecified atom stereocenters. The second-order valence-electron chi connectivity index (χ2n) is 6.97. The van der Waals surface area contributed by atoms with E-state index in [1.807, 2.05) is 14.1 Å². The molecule has 0 fully saturated rings. The van der Waals surface area contributed by atoms with Gasteiger partial charge in [-0.25, -0.2) is 8.42 Å². The van der Waals surface area contributed by atoms with E-state index in [0.29, 0.717) is 18.5 Å². The smallest absolute Gasteiger partial charge is 0.156 e. The van der Waals surface area contributed by atoms with E-state index in [1.54, 1.807) is 20.8 Å². The first-order valence-corrected chi connectivity index (χ1v) is 8.71. The summed E-state index contributed by atoms with van der Waals surface area (Å²) in [6.45, 7) is 11.1. The van der Waals surface area contributed by atoms with Crippen LogP contribution in [0.3, 0.4) is 0 Å². The molecule has 19 heavy (non-hydrogen) atoms. The van der Waals surface area contributed by atoms with Gasteiger partial charge in [0.2, 0.25) is 0 Å². The molecule has 0 aromatic rings. The topological polar surface area (TPSA) is 49.4 Å². The lowest BCUT2D eigenvalue weighted by Crippen LogP contribution is -2.43. The Kier molecular flexibility index (Phi) is 7.55. The molecule has 0 saturated carbocycles. The molecular formula is C14H32N2O2S. The molecule has 0 aliphatic heterocycles. The van der Waals surface area contributed by atoms with Crippen LogP contribution >= 0.6 is 0 Å². The second kappa shape index (κ2) is 7.60. The molecule has 0 amide bonds. The number of likely N-dealkylation sites (N-methyl/N-ethyl adjacent to an activating group) is 1. The van der Waals surface area contributed by atoms with Crippen molar-refractivity contribution in [3.05, 3.63) is 0 Å². The van der Waals surface area contributed by atoms with Crippen LogP contribution in [0.4, 0.5) is 0 Å². The summed E-state index contributed by atoms with van der Waals surface area (Å²) >= 11 is 0. The van der Waals surface area contributed by atoms with Crippen LogP contribution in [0.5, 0.6) is 0 Å². The third-order valence-corrected chi connectivity index (χ3v) is 5.69. The number of nitrogens with zero attached hydrogens (tertiary/aromatic N) is 1. The first kappa shape index (κ1) is 18.9. The molecule has 116 valence electrons. The lowest BCUT2D eigenvalue weighted by molar-refractivity contribution is 0.309. The number of hydrogen-bond donors (Lipinski definition) is 1. The van der Waals surface area contributed by atoms with Crippen molar-refractivity contribution in [1.82, 2.24) is 10.2 Å². The molecule has 0 aliphatic carbocycles. The van der Waals surface area contributed by atoms with Crippen molar-refractivity contribution in [3.8, 4) is 0 Å². The van der Waals surface area contributed by atoms with Crippen LogP contribution in [-0.4, -0.2) is 57.0 Å². The molecule has 0 rings (SSSR count). The summed E-state index contributed by atoms with van der Waals surface area (Å²) in [5, 5.41) is 3.39. The minimum Gasteiger partial charge on any atom is -0.312 e. The Bertz CT molecular complexity index is 333. The van der Waals surface area contributed by atoms with E-state index in [9.17, 15) is 8.42 Å². The van der Waals surface area contributed by atoms with Gasteiger partial charge < -0.3 is 10.2 Å². The van der Waals surface area contributed by atoms with Gasteiger partial charge in [0.1, 0.15) is 0 Å². The molecule has 0 spiro atoms. The minimum atomic E-state index is -3.03. The van der Waals surface area contributed by atoms with E-state index >= 15 is 0 Å². The van der Waals surface area contributed by atoms with Crippen LogP contribution in [0.15, 0.2) is 0 Å². The maximum Gasteiger partial charge on any atom is 0.156 e. The number of hydrogen-bond acceptors (Lipinski definition) is 4. The van der Waals surface area contributed by atoms with E-state index in [1.165, 1.54) is 0 Å². The van der Waals surface area contributed by atoms with Crippen LogP contribution in [0.25, 0.3) is 0 Å². The van der Waals surface area contributed by atoms with E-state index < -0.39 is 14.6 Å². The second-order valence-corrected chi connectivity index (χ2v) is 9.84. The summed E-state index contributed by atoms with van der Waals surface area (Å²) in [5.74, 6) is 0.815. The van der Waals surface area contributed by atoms with Crippen molar-refractivity contribution in [2.24, 2.45) is 5.92 Å².